The third-order valence-corrected chi connectivity index (χ3v) is 6.00. The molecule has 39 heavy (non-hydrogen) atoms. The molecule has 0 spiro atoms. The summed E-state index contributed by atoms with van der Waals surface area (Å²) in [5, 5.41) is 21.5. The monoisotopic (exact) mass is 522 g/mol. The van der Waals surface area contributed by atoms with Gasteiger partial charge in [0.25, 0.3) is 5.91 Å². The van der Waals surface area contributed by atoms with Crippen LogP contribution in [0.2, 0.25) is 0 Å². The molecule has 0 aliphatic carbocycles. The number of benzene rings is 3. The van der Waals surface area contributed by atoms with E-state index in [9.17, 15) is 14.9 Å². The second kappa shape index (κ2) is 10.9. The summed E-state index contributed by atoms with van der Waals surface area (Å²) in [5.41, 5.74) is 3.30. The van der Waals surface area contributed by atoms with Gasteiger partial charge >= 0.3 is 6.16 Å². The minimum atomic E-state index is -1.40. The number of carbonyl (C=O) groups is 2. The average molecular weight is 523 g/mol. The molecule has 0 saturated carbocycles. The Kier molecular flexibility index (Phi) is 7.05. The van der Waals surface area contributed by atoms with Crippen LogP contribution >= 0.6 is 0 Å². The second-order valence-corrected chi connectivity index (χ2v) is 8.66. The summed E-state index contributed by atoms with van der Waals surface area (Å²) in [7, 11) is 0. The number of carbonyl (C=O) groups excluding carboxylic acids is 1. The standard InChI is InChI=1S/C29H22N4O6/c1-17-31-11-9-24(32-17)19-3-2-4-21(13-19)33-28(34)18-5-7-22(8-6-18)38-26-15-27-23(14-20(26)16-30)25(10-12-37-27)39-29(35)36/h2-9,11,13-15,25H,10,12H2,1H3,(H,33,34)(H,35,36). The fourth-order valence-corrected chi connectivity index (χ4v) is 4.18. The van der Waals surface area contributed by atoms with Gasteiger partial charge in [0.05, 0.1) is 17.9 Å². The number of ether oxygens (including phenoxy) is 3. The molecule has 10 nitrogen and oxygen atoms in total. The minimum absolute atomic E-state index is 0.193. The van der Waals surface area contributed by atoms with Crippen LogP contribution in [0, 0.1) is 18.3 Å². The summed E-state index contributed by atoms with van der Waals surface area (Å²) in [6.07, 6.45) is -0.0906. The summed E-state index contributed by atoms with van der Waals surface area (Å²) in [6.45, 7) is 2.08. The van der Waals surface area contributed by atoms with Crippen LogP contribution < -0.4 is 14.8 Å². The number of anilines is 1. The molecule has 1 aliphatic heterocycles. The van der Waals surface area contributed by atoms with E-state index in [0.29, 0.717) is 40.6 Å². The van der Waals surface area contributed by atoms with Gasteiger partial charge in [0.15, 0.2) is 0 Å². The van der Waals surface area contributed by atoms with Gasteiger partial charge in [-0.25, -0.2) is 14.8 Å². The van der Waals surface area contributed by atoms with Crippen molar-refractivity contribution in [3.63, 3.8) is 0 Å². The van der Waals surface area contributed by atoms with E-state index in [0.717, 1.165) is 11.3 Å². The van der Waals surface area contributed by atoms with Gasteiger partial charge in [-0.05, 0) is 55.5 Å². The molecule has 0 fully saturated rings. The number of amides is 1. The number of aryl methyl sites for hydroxylation is 1. The number of aromatic nitrogens is 2. The first-order valence-electron chi connectivity index (χ1n) is 12.0. The number of hydrogen-bond acceptors (Lipinski definition) is 8. The van der Waals surface area contributed by atoms with Crippen molar-refractivity contribution in [3.05, 3.63) is 95.4 Å². The molecule has 1 amide bonds. The van der Waals surface area contributed by atoms with Gasteiger partial charge in [-0.2, -0.15) is 5.26 Å². The first kappa shape index (κ1) is 25.2. The lowest BCUT2D eigenvalue weighted by atomic mass is 10.00. The molecule has 194 valence electrons. The van der Waals surface area contributed by atoms with Crippen LogP contribution in [0.5, 0.6) is 17.2 Å². The summed E-state index contributed by atoms with van der Waals surface area (Å²) in [4.78, 5) is 32.4. The van der Waals surface area contributed by atoms with Crippen molar-refractivity contribution in [3.8, 4) is 34.6 Å². The van der Waals surface area contributed by atoms with Crippen LogP contribution in [0.25, 0.3) is 11.3 Å². The SMILES string of the molecule is Cc1nccc(-c2cccc(NC(=O)c3ccc(Oc4cc5c(cc4C#N)C(OC(=O)O)CCO5)cc3)c2)n1. The van der Waals surface area contributed by atoms with Gasteiger partial charge in [-0.1, -0.05) is 12.1 Å². The molecular formula is C29H22N4O6. The van der Waals surface area contributed by atoms with Crippen molar-refractivity contribution in [2.75, 3.05) is 11.9 Å². The normalized spacial score (nSPS) is 13.8. The summed E-state index contributed by atoms with van der Waals surface area (Å²) >= 11 is 0. The van der Waals surface area contributed by atoms with Crippen molar-refractivity contribution in [2.24, 2.45) is 0 Å². The Bertz CT molecular complexity index is 1600. The summed E-state index contributed by atoms with van der Waals surface area (Å²) in [5.74, 6) is 1.38. The van der Waals surface area contributed by atoms with Gasteiger partial charge in [0.1, 0.15) is 35.2 Å². The number of nitrogens with one attached hydrogen (secondary N) is 1. The predicted molar refractivity (Wildman–Crippen MR) is 140 cm³/mol. The van der Waals surface area contributed by atoms with E-state index in [-0.39, 0.29) is 23.8 Å². The lowest BCUT2D eigenvalue weighted by molar-refractivity contribution is 0.0326. The zero-order chi connectivity index (χ0) is 27.4. The number of rotatable bonds is 6. The van der Waals surface area contributed by atoms with Gasteiger partial charge in [0.2, 0.25) is 0 Å². The molecule has 3 aromatic carbocycles. The molecule has 0 bridgehead atoms. The highest BCUT2D eigenvalue weighted by Crippen LogP contribution is 2.40. The van der Waals surface area contributed by atoms with E-state index in [1.54, 1.807) is 42.6 Å². The fourth-order valence-electron chi connectivity index (χ4n) is 4.18. The molecule has 1 atom stereocenters. The smallest absolute Gasteiger partial charge is 0.493 e. The molecule has 10 heteroatoms. The highest BCUT2D eigenvalue weighted by molar-refractivity contribution is 6.04. The topological polar surface area (TPSA) is 144 Å². The van der Waals surface area contributed by atoms with Gasteiger partial charge in [0, 0.05) is 41.1 Å². The van der Waals surface area contributed by atoms with Gasteiger partial charge in [-0.3, -0.25) is 4.79 Å². The van der Waals surface area contributed by atoms with Gasteiger partial charge in [-0.15, -0.1) is 0 Å². The molecule has 2 heterocycles. The molecule has 1 aliphatic rings. The lowest BCUT2D eigenvalue weighted by Gasteiger charge is -2.25. The average Bonchev–Trinajstić information content (AvgIpc) is 2.93. The Balaban J connectivity index is 1.30. The first-order valence-corrected chi connectivity index (χ1v) is 12.0. The van der Waals surface area contributed by atoms with E-state index in [1.165, 1.54) is 12.1 Å². The van der Waals surface area contributed by atoms with E-state index >= 15 is 0 Å². The maximum absolute atomic E-state index is 12.9. The highest BCUT2D eigenvalue weighted by Gasteiger charge is 2.27. The van der Waals surface area contributed by atoms with E-state index in [4.69, 9.17) is 19.3 Å². The summed E-state index contributed by atoms with van der Waals surface area (Å²) in [6, 6.07) is 20.7. The maximum atomic E-state index is 12.9. The van der Waals surface area contributed by atoms with E-state index < -0.39 is 12.3 Å². The van der Waals surface area contributed by atoms with Crippen LogP contribution in [-0.2, 0) is 4.74 Å². The fraction of sp³-hybridized carbons (Fsp3) is 0.138. The molecular weight excluding hydrogens is 500 g/mol. The molecule has 1 aromatic heterocycles. The Labute approximate surface area is 223 Å². The Morgan fingerprint density at radius 1 is 1.13 bits per heavy atom. The predicted octanol–water partition coefficient (Wildman–Crippen LogP) is 5.89. The molecule has 2 N–H and O–H groups in total. The van der Waals surface area contributed by atoms with E-state index in [1.807, 2.05) is 25.1 Å². The Morgan fingerprint density at radius 3 is 2.69 bits per heavy atom. The lowest BCUT2D eigenvalue weighted by Crippen LogP contribution is -2.19. The zero-order valence-electron chi connectivity index (χ0n) is 20.7. The Hall–Kier alpha value is -5.43. The largest absolute Gasteiger partial charge is 0.506 e. The van der Waals surface area contributed by atoms with Crippen molar-refractivity contribution >= 4 is 17.7 Å². The van der Waals surface area contributed by atoms with Crippen molar-refractivity contribution in [2.45, 2.75) is 19.4 Å². The number of carboxylic acid groups (broad SMARTS) is 1. The number of nitriles is 1. The summed E-state index contributed by atoms with van der Waals surface area (Å²) < 4.78 is 16.5. The van der Waals surface area contributed by atoms with Crippen LogP contribution in [0.15, 0.2) is 72.9 Å². The van der Waals surface area contributed by atoms with Crippen molar-refractivity contribution < 1.29 is 28.9 Å². The first-order chi connectivity index (χ1) is 18.9. The van der Waals surface area contributed by atoms with Gasteiger partial charge < -0.3 is 24.6 Å². The second-order valence-electron chi connectivity index (χ2n) is 8.66. The zero-order valence-corrected chi connectivity index (χ0v) is 20.7. The van der Waals surface area contributed by atoms with Crippen LogP contribution in [0.4, 0.5) is 10.5 Å². The minimum Gasteiger partial charge on any atom is -0.493 e. The quantitative estimate of drug-likeness (QED) is 0.296. The molecule has 0 radical (unpaired) electrons. The molecule has 4 aromatic rings. The molecule has 1 unspecified atom stereocenters. The van der Waals surface area contributed by atoms with Crippen LogP contribution in [0.1, 0.15) is 39.8 Å². The third-order valence-electron chi connectivity index (χ3n) is 6.00. The highest BCUT2D eigenvalue weighted by atomic mass is 16.7. The third kappa shape index (κ3) is 5.78. The Morgan fingerprint density at radius 2 is 1.95 bits per heavy atom. The van der Waals surface area contributed by atoms with Crippen molar-refractivity contribution in [1.29, 1.82) is 5.26 Å². The van der Waals surface area contributed by atoms with Crippen molar-refractivity contribution in [1.82, 2.24) is 9.97 Å². The molecule has 5 rings (SSSR count). The van der Waals surface area contributed by atoms with Crippen LogP contribution in [-0.4, -0.2) is 33.7 Å². The maximum Gasteiger partial charge on any atom is 0.506 e. The molecule has 0 saturated heterocycles. The number of hydrogen-bond donors (Lipinski definition) is 2. The van der Waals surface area contributed by atoms with E-state index in [2.05, 4.69) is 21.4 Å². The number of fused-ring (bicyclic) bond motifs is 1. The van der Waals surface area contributed by atoms with Crippen LogP contribution in [0.3, 0.4) is 0 Å². The number of nitrogens with zero attached hydrogens (tertiary/aromatic N) is 3.